The maximum atomic E-state index is 12.4. The Bertz CT molecular complexity index is 294. The highest BCUT2D eigenvalue weighted by molar-refractivity contribution is 5.76. The Labute approximate surface area is 117 Å². The lowest BCUT2D eigenvalue weighted by molar-refractivity contribution is -0.134. The zero-order valence-corrected chi connectivity index (χ0v) is 12.7. The van der Waals surface area contributed by atoms with Crippen LogP contribution in [0.25, 0.3) is 0 Å². The SMILES string of the molecule is CCCN(C(=O)CCN(C)C)C1CC2CCC(C1)N2. The zero-order chi connectivity index (χ0) is 13.8. The summed E-state index contributed by atoms with van der Waals surface area (Å²) in [6.07, 6.45) is 6.63. The van der Waals surface area contributed by atoms with Crippen LogP contribution < -0.4 is 5.32 Å². The molecule has 2 saturated heterocycles. The average molecular weight is 267 g/mol. The summed E-state index contributed by atoms with van der Waals surface area (Å²) in [6.45, 7) is 3.95. The molecule has 0 aliphatic carbocycles. The molecule has 2 fully saturated rings. The number of amides is 1. The molecule has 110 valence electrons. The minimum atomic E-state index is 0.349. The molecule has 2 rings (SSSR count). The molecule has 19 heavy (non-hydrogen) atoms. The maximum Gasteiger partial charge on any atom is 0.224 e. The number of carbonyl (C=O) groups excluding carboxylic acids is 1. The first-order valence-corrected chi connectivity index (χ1v) is 7.80. The number of carbonyl (C=O) groups is 1. The van der Waals surface area contributed by atoms with Crippen molar-refractivity contribution in [1.82, 2.24) is 15.1 Å². The zero-order valence-electron chi connectivity index (χ0n) is 12.7. The van der Waals surface area contributed by atoms with E-state index in [2.05, 4.69) is 22.0 Å². The second-order valence-electron chi connectivity index (χ2n) is 6.40. The standard InChI is InChI=1S/C15H29N3O/c1-4-8-18(15(19)7-9-17(2)3)14-10-12-5-6-13(11-14)16-12/h12-14,16H,4-11H2,1-3H3. The van der Waals surface area contributed by atoms with E-state index in [0.717, 1.165) is 32.4 Å². The Balaban J connectivity index is 1.92. The lowest BCUT2D eigenvalue weighted by atomic mass is 9.97. The molecule has 0 spiro atoms. The fourth-order valence-corrected chi connectivity index (χ4v) is 3.50. The second kappa shape index (κ2) is 6.71. The molecule has 2 aliphatic heterocycles. The van der Waals surface area contributed by atoms with Gasteiger partial charge in [-0.3, -0.25) is 4.79 Å². The number of nitrogens with zero attached hydrogens (tertiary/aromatic N) is 2. The van der Waals surface area contributed by atoms with Crippen LogP contribution in [0.2, 0.25) is 0 Å². The van der Waals surface area contributed by atoms with Crippen molar-refractivity contribution in [2.45, 2.75) is 63.6 Å². The van der Waals surface area contributed by atoms with E-state index >= 15 is 0 Å². The number of hydrogen-bond donors (Lipinski definition) is 1. The van der Waals surface area contributed by atoms with E-state index in [-0.39, 0.29) is 0 Å². The van der Waals surface area contributed by atoms with Crippen LogP contribution in [-0.4, -0.2) is 61.0 Å². The summed E-state index contributed by atoms with van der Waals surface area (Å²) in [5, 5.41) is 3.66. The Morgan fingerprint density at radius 3 is 2.32 bits per heavy atom. The molecule has 4 heteroatoms. The van der Waals surface area contributed by atoms with Crippen molar-refractivity contribution in [1.29, 1.82) is 0 Å². The van der Waals surface area contributed by atoms with Gasteiger partial charge in [-0.1, -0.05) is 6.92 Å². The van der Waals surface area contributed by atoms with Crippen molar-refractivity contribution in [3.8, 4) is 0 Å². The van der Waals surface area contributed by atoms with Crippen LogP contribution >= 0.6 is 0 Å². The molecule has 1 amide bonds. The van der Waals surface area contributed by atoms with Crippen LogP contribution in [0.3, 0.4) is 0 Å². The number of fused-ring (bicyclic) bond motifs is 2. The van der Waals surface area contributed by atoms with Crippen LogP contribution in [0.5, 0.6) is 0 Å². The fourth-order valence-electron chi connectivity index (χ4n) is 3.50. The smallest absolute Gasteiger partial charge is 0.224 e. The summed E-state index contributed by atoms with van der Waals surface area (Å²) in [5.41, 5.74) is 0. The fraction of sp³-hybridized carbons (Fsp3) is 0.933. The van der Waals surface area contributed by atoms with Crippen molar-refractivity contribution >= 4 is 5.91 Å². The van der Waals surface area contributed by atoms with E-state index in [9.17, 15) is 4.79 Å². The van der Waals surface area contributed by atoms with E-state index in [4.69, 9.17) is 0 Å². The third-order valence-corrected chi connectivity index (χ3v) is 4.45. The van der Waals surface area contributed by atoms with Gasteiger partial charge >= 0.3 is 0 Å². The summed E-state index contributed by atoms with van der Waals surface area (Å²) in [4.78, 5) is 16.7. The van der Waals surface area contributed by atoms with E-state index < -0.39 is 0 Å². The number of nitrogens with one attached hydrogen (secondary N) is 1. The predicted octanol–water partition coefficient (Wildman–Crippen LogP) is 1.46. The summed E-state index contributed by atoms with van der Waals surface area (Å²) < 4.78 is 0. The maximum absolute atomic E-state index is 12.4. The molecule has 1 N–H and O–H groups in total. The minimum Gasteiger partial charge on any atom is -0.340 e. The van der Waals surface area contributed by atoms with Gasteiger partial charge in [-0.25, -0.2) is 0 Å². The molecule has 0 radical (unpaired) electrons. The summed E-state index contributed by atoms with van der Waals surface area (Å²) >= 11 is 0. The number of rotatable bonds is 6. The van der Waals surface area contributed by atoms with Crippen molar-refractivity contribution in [3.05, 3.63) is 0 Å². The molecule has 2 unspecified atom stereocenters. The van der Waals surface area contributed by atoms with Crippen LogP contribution in [0, 0.1) is 0 Å². The van der Waals surface area contributed by atoms with Gasteiger partial charge in [0.15, 0.2) is 0 Å². The lowest BCUT2D eigenvalue weighted by Gasteiger charge is -2.38. The van der Waals surface area contributed by atoms with Crippen LogP contribution in [0.1, 0.15) is 45.4 Å². The molecule has 0 saturated carbocycles. The first-order chi connectivity index (χ1) is 9.10. The van der Waals surface area contributed by atoms with Gasteiger partial charge in [0.25, 0.3) is 0 Å². The molecule has 4 nitrogen and oxygen atoms in total. The van der Waals surface area contributed by atoms with Crippen LogP contribution in [0.15, 0.2) is 0 Å². The van der Waals surface area contributed by atoms with Crippen molar-refractivity contribution in [2.24, 2.45) is 0 Å². The summed E-state index contributed by atoms with van der Waals surface area (Å²) in [7, 11) is 4.06. The van der Waals surface area contributed by atoms with Gasteiger partial charge in [-0.05, 0) is 46.2 Å². The van der Waals surface area contributed by atoms with Gasteiger partial charge in [-0.2, -0.15) is 0 Å². The molecular weight excluding hydrogens is 238 g/mol. The Morgan fingerprint density at radius 2 is 1.79 bits per heavy atom. The third kappa shape index (κ3) is 3.93. The minimum absolute atomic E-state index is 0.349. The largest absolute Gasteiger partial charge is 0.340 e. The van der Waals surface area contributed by atoms with E-state index in [0.29, 0.717) is 30.5 Å². The average Bonchev–Trinajstić information content (AvgIpc) is 2.72. The Hall–Kier alpha value is -0.610. The molecule has 0 aromatic heterocycles. The van der Waals surface area contributed by atoms with Crippen molar-refractivity contribution in [2.75, 3.05) is 27.2 Å². The van der Waals surface area contributed by atoms with E-state index in [1.165, 1.54) is 12.8 Å². The summed E-state index contributed by atoms with van der Waals surface area (Å²) in [5.74, 6) is 0.349. The summed E-state index contributed by atoms with van der Waals surface area (Å²) in [6, 6.07) is 1.79. The van der Waals surface area contributed by atoms with Crippen LogP contribution in [0.4, 0.5) is 0 Å². The Morgan fingerprint density at radius 1 is 1.16 bits per heavy atom. The van der Waals surface area contributed by atoms with Gasteiger partial charge < -0.3 is 15.1 Å². The lowest BCUT2D eigenvalue weighted by Crippen LogP contribution is -2.50. The normalized spacial score (nSPS) is 29.8. The highest BCUT2D eigenvalue weighted by Crippen LogP contribution is 2.30. The van der Waals surface area contributed by atoms with Gasteiger partial charge in [0.05, 0.1) is 0 Å². The van der Waals surface area contributed by atoms with Crippen molar-refractivity contribution < 1.29 is 4.79 Å². The molecule has 2 heterocycles. The molecule has 2 atom stereocenters. The first-order valence-electron chi connectivity index (χ1n) is 7.80. The van der Waals surface area contributed by atoms with E-state index in [1.807, 2.05) is 14.1 Å². The van der Waals surface area contributed by atoms with Gasteiger partial charge in [0, 0.05) is 37.6 Å². The highest BCUT2D eigenvalue weighted by Gasteiger charge is 2.37. The highest BCUT2D eigenvalue weighted by atomic mass is 16.2. The number of piperidine rings is 1. The van der Waals surface area contributed by atoms with Gasteiger partial charge in [-0.15, -0.1) is 0 Å². The predicted molar refractivity (Wildman–Crippen MR) is 78.1 cm³/mol. The molecule has 2 bridgehead atoms. The van der Waals surface area contributed by atoms with Crippen LogP contribution in [-0.2, 0) is 4.79 Å². The second-order valence-corrected chi connectivity index (χ2v) is 6.40. The first kappa shape index (κ1) is 14.8. The third-order valence-electron chi connectivity index (χ3n) is 4.45. The molecule has 0 aromatic rings. The number of hydrogen-bond acceptors (Lipinski definition) is 3. The Kier molecular flexibility index (Phi) is 5.22. The molecular formula is C15H29N3O. The van der Waals surface area contributed by atoms with E-state index in [1.54, 1.807) is 0 Å². The molecule has 0 aromatic carbocycles. The van der Waals surface area contributed by atoms with Crippen molar-refractivity contribution in [3.63, 3.8) is 0 Å². The quantitative estimate of drug-likeness (QED) is 0.791. The van der Waals surface area contributed by atoms with Gasteiger partial charge in [0.1, 0.15) is 0 Å². The molecule has 2 aliphatic rings. The monoisotopic (exact) mass is 267 g/mol. The topological polar surface area (TPSA) is 35.6 Å². The van der Waals surface area contributed by atoms with Gasteiger partial charge in [0.2, 0.25) is 5.91 Å².